The van der Waals surface area contributed by atoms with Gasteiger partial charge in [0.2, 0.25) is 0 Å². The Morgan fingerprint density at radius 2 is 0.552 bits per heavy atom. The zero-order valence-corrected chi connectivity index (χ0v) is 35.4. The van der Waals surface area contributed by atoms with Crippen LogP contribution in [0.1, 0.15) is 0 Å². The van der Waals surface area contributed by atoms with Crippen molar-refractivity contribution in [1.82, 2.24) is 4.57 Å². The molecule has 0 bridgehead atoms. The van der Waals surface area contributed by atoms with Crippen molar-refractivity contribution in [3.63, 3.8) is 0 Å². The second-order valence-electron chi connectivity index (χ2n) is 15.6. The molecule has 0 saturated carbocycles. The molecule has 0 N–H and O–H groups in total. The van der Waals surface area contributed by atoms with Gasteiger partial charge in [-0.1, -0.05) is 54.6 Å². The average Bonchev–Trinajstić information content (AvgIpc) is 3.69. The van der Waals surface area contributed by atoms with Crippen LogP contribution in [0.2, 0.25) is 0 Å². The van der Waals surface area contributed by atoms with Crippen LogP contribution < -0.4 is 14.7 Å². The number of benzene rings is 9. The molecule has 10 rings (SSSR count). The van der Waals surface area contributed by atoms with E-state index in [1.165, 1.54) is 36.4 Å². The largest absolute Gasteiger partial charge is 0.310 e. The summed E-state index contributed by atoms with van der Waals surface area (Å²) in [4.78, 5) is 39.8. The smallest absolute Gasteiger partial charge is 0.269 e. The highest BCUT2D eigenvalue weighted by Gasteiger charge is 2.22. The molecule has 0 aliphatic heterocycles. The van der Waals surface area contributed by atoms with Gasteiger partial charge in [0.1, 0.15) is 0 Å². The van der Waals surface area contributed by atoms with Crippen LogP contribution >= 0.6 is 0 Å². The van der Waals surface area contributed by atoms with Crippen LogP contribution in [-0.2, 0) is 0 Å². The maximum atomic E-state index is 11.7. The first-order chi connectivity index (χ1) is 32.7. The maximum absolute atomic E-state index is 11.7. The van der Waals surface area contributed by atoms with E-state index in [0.29, 0.717) is 0 Å². The number of hydrogen-bond donors (Lipinski definition) is 0. The highest BCUT2D eigenvalue weighted by Crippen LogP contribution is 2.44. The fourth-order valence-electron chi connectivity index (χ4n) is 8.55. The summed E-state index contributed by atoms with van der Waals surface area (Å²) in [6.45, 7) is 0. The number of rotatable bonds is 13. The van der Waals surface area contributed by atoms with Gasteiger partial charge >= 0.3 is 0 Å². The Kier molecular flexibility index (Phi) is 10.8. The Morgan fingerprint density at radius 1 is 0.299 bits per heavy atom. The number of non-ortho nitro benzene ring substituents is 3. The van der Waals surface area contributed by atoms with Crippen molar-refractivity contribution >= 4 is 90.1 Å². The van der Waals surface area contributed by atoms with Gasteiger partial charge in [0.15, 0.2) is 0 Å². The van der Waals surface area contributed by atoms with Crippen LogP contribution in [0, 0.1) is 30.3 Å². The summed E-state index contributed by atoms with van der Waals surface area (Å²) in [6.07, 6.45) is 0. The fourth-order valence-corrected chi connectivity index (χ4v) is 8.55. The lowest BCUT2D eigenvalue weighted by Gasteiger charge is -2.26. The lowest BCUT2D eigenvalue weighted by molar-refractivity contribution is -0.385. The summed E-state index contributed by atoms with van der Waals surface area (Å²) in [6, 6.07) is 69.6. The van der Waals surface area contributed by atoms with Gasteiger partial charge in [0.25, 0.3) is 17.1 Å². The standard InChI is InChI=1S/C54H37N7O6/c62-59(63)46-26-20-42(21-27-46)55(38-10-4-1-5-11-38)41-16-18-45(19-17-41)58-53-34-32-49(56(39-12-6-2-7-13-39)43-22-28-47(29-23-43)60(64)65)36-51(53)52-37-50(33-35-54(52)58)57(40-14-8-3-9-15-40)44-24-30-48(31-25-44)61(66)67/h1-37H. The van der Waals surface area contributed by atoms with E-state index in [1.807, 2.05) is 120 Å². The average molecular weight is 880 g/mol. The molecule has 13 heteroatoms. The van der Waals surface area contributed by atoms with Gasteiger partial charge in [-0.05, 0) is 133 Å². The molecule has 10 aromatic rings. The molecule has 0 unspecified atom stereocenters. The Bertz CT molecular complexity index is 3270. The lowest BCUT2D eigenvalue weighted by Crippen LogP contribution is -2.10. The van der Waals surface area contributed by atoms with Crippen molar-refractivity contribution in [1.29, 1.82) is 0 Å². The minimum absolute atomic E-state index is 0.00375. The van der Waals surface area contributed by atoms with Crippen molar-refractivity contribution in [3.8, 4) is 5.69 Å². The van der Waals surface area contributed by atoms with Crippen molar-refractivity contribution in [2.75, 3.05) is 14.7 Å². The minimum atomic E-state index is -0.411. The zero-order valence-electron chi connectivity index (χ0n) is 35.4. The van der Waals surface area contributed by atoms with Gasteiger partial charge in [-0.25, -0.2) is 0 Å². The van der Waals surface area contributed by atoms with Gasteiger partial charge < -0.3 is 19.3 Å². The molecular formula is C54H37N7O6. The fraction of sp³-hybridized carbons (Fsp3) is 0. The third kappa shape index (κ3) is 8.00. The predicted molar refractivity (Wildman–Crippen MR) is 265 cm³/mol. The Labute approximate surface area is 383 Å². The highest BCUT2D eigenvalue weighted by molar-refractivity contribution is 6.12. The molecule has 0 amide bonds. The minimum Gasteiger partial charge on any atom is -0.310 e. The Hall–Kier alpha value is -9.62. The van der Waals surface area contributed by atoms with E-state index in [2.05, 4.69) is 50.8 Å². The summed E-state index contributed by atoms with van der Waals surface area (Å²) in [5, 5.41) is 36.7. The molecule has 0 aliphatic carbocycles. The summed E-state index contributed by atoms with van der Waals surface area (Å²) >= 11 is 0. The van der Waals surface area contributed by atoms with Gasteiger partial charge in [-0.3, -0.25) is 30.3 Å². The second kappa shape index (κ2) is 17.5. The molecule has 0 saturated heterocycles. The van der Waals surface area contributed by atoms with Crippen LogP contribution in [0.15, 0.2) is 224 Å². The number of anilines is 9. The third-order valence-electron chi connectivity index (χ3n) is 11.6. The number of fused-ring (bicyclic) bond motifs is 3. The van der Waals surface area contributed by atoms with Crippen molar-refractivity contribution in [2.24, 2.45) is 0 Å². The number of nitro groups is 3. The first-order valence-electron chi connectivity index (χ1n) is 21.2. The van der Waals surface area contributed by atoms with Gasteiger partial charge in [-0.2, -0.15) is 0 Å². The SMILES string of the molecule is O=[N+]([O-])c1ccc(N(c2ccccc2)c2ccc(-n3c4ccc(N(c5ccccc5)c5ccc([N+](=O)[O-])cc5)cc4c4cc(N(c5ccccc5)c5ccc([N+](=O)[O-])cc5)ccc43)cc2)cc1. The highest BCUT2D eigenvalue weighted by atomic mass is 16.6. The van der Waals surface area contributed by atoms with E-state index < -0.39 is 14.8 Å². The summed E-state index contributed by atoms with van der Waals surface area (Å²) < 4.78 is 2.21. The quantitative estimate of drug-likeness (QED) is 0.0816. The van der Waals surface area contributed by atoms with Crippen LogP contribution in [0.3, 0.4) is 0 Å². The van der Waals surface area contributed by atoms with Gasteiger partial charge in [-0.15, -0.1) is 0 Å². The topological polar surface area (TPSA) is 144 Å². The summed E-state index contributed by atoms with van der Waals surface area (Å²) in [5.41, 5.74) is 10.0. The number of aromatic nitrogens is 1. The molecule has 0 atom stereocenters. The molecule has 13 nitrogen and oxygen atoms in total. The summed E-state index contributed by atoms with van der Waals surface area (Å²) in [5.74, 6) is 0. The normalized spacial score (nSPS) is 11.0. The molecule has 0 aliphatic rings. The number of nitrogens with zero attached hydrogens (tertiary/aromatic N) is 7. The molecule has 67 heavy (non-hydrogen) atoms. The number of para-hydroxylation sites is 3. The van der Waals surface area contributed by atoms with Gasteiger partial charge in [0.05, 0.1) is 25.8 Å². The molecule has 0 spiro atoms. The maximum Gasteiger partial charge on any atom is 0.269 e. The molecular weight excluding hydrogens is 843 g/mol. The van der Waals surface area contributed by atoms with Crippen molar-refractivity contribution in [2.45, 2.75) is 0 Å². The number of hydrogen-bond acceptors (Lipinski definition) is 9. The second-order valence-corrected chi connectivity index (χ2v) is 15.6. The van der Waals surface area contributed by atoms with Crippen LogP contribution in [0.5, 0.6) is 0 Å². The monoisotopic (exact) mass is 879 g/mol. The van der Waals surface area contributed by atoms with Gasteiger partial charge in [0, 0.05) is 104 Å². The number of nitro benzene ring substituents is 3. The molecule has 324 valence electrons. The molecule has 0 radical (unpaired) electrons. The molecule has 9 aromatic carbocycles. The van der Waals surface area contributed by atoms with E-state index in [-0.39, 0.29) is 17.1 Å². The van der Waals surface area contributed by atoms with Crippen LogP contribution in [0.4, 0.5) is 68.2 Å². The summed E-state index contributed by atoms with van der Waals surface area (Å²) in [7, 11) is 0. The third-order valence-corrected chi connectivity index (χ3v) is 11.6. The van der Waals surface area contributed by atoms with E-state index >= 15 is 0 Å². The van der Waals surface area contributed by atoms with E-state index in [9.17, 15) is 30.3 Å². The zero-order chi connectivity index (χ0) is 46.0. The van der Waals surface area contributed by atoms with Crippen LogP contribution in [-0.4, -0.2) is 19.3 Å². The van der Waals surface area contributed by atoms with E-state index in [4.69, 9.17) is 0 Å². The Morgan fingerprint density at radius 3 is 0.851 bits per heavy atom. The van der Waals surface area contributed by atoms with Crippen molar-refractivity contribution < 1.29 is 14.8 Å². The van der Waals surface area contributed by atoms with E-state index in [1.54, 1.807) is 36.4 Å². The lowest BCUT2D eigenvalue weighted by atomic mass is 10.1. The first kappa shape index (κ1) is 41.4. The predicted octanol–water partition coefficient (Wildman–Crippen LogP) is 14.9. The molecule has 0 fully saturated rings. The van der Waals surface area contributed by atoms with Crippen LogP contribution in [0.25, 0.3) is 27.5 Å². The van der Waals surface area contributed by atoms with E-state index in [0.717, 1.165) is 78.7 Å². The molecule has 1 heterocycles. The van der Waals surface area contributed by atoms with Crippen molar-refractivity contribution in [3.05, 3.63) is 255 Å². The molecule has 1 aromatic heterocycles. The first-order valence-corrected chi connectivity index (χ1v) is 21.2. The Balaban J connectivity index is 1.16.